The summed E-state index contributed by atoms with van der Waals surface area (Å²) >= 11 is 6.30. The van der Waals surface area contributed by atoms with Crippen molar-refractivity contribution >= 4 is 35.0 Å². The summed E-state index contributed by atoms with van der Waals surface area (Å²) in [5.74, 6) is -0.183. The molecule has 4 heterocycles. The third kappa shape index (κ3) is 6.88. The average molecular weight is 708 g/mol. The van der Waals surface area contributed by atoms with Gasteiger partial charge in [0.25, 0.3) is 0 Å². The number of hydrogen-bond acceptors (Lipinski definition) is 6. The number of anilines is 2. The van der Waals surface area contributed by atoms with Crippen molar-refractivity contribution in [1.29, 1.82) is 0 Å². The molecule has 15 heteroatoms. The number of aromatic nitrogens is 5. The molecule has 0 unspecified atom stereocenters. The van der Waals surface area contributed by atoms with Crippen LogP contribution in [-0.2, 0) is 15.7 Å². The lowest BCUT2D eigenvalue weighted by Gasteiger charge is -2.26. The standard InChI is InChI=1S/C35H33ClF3N7O4/c1-19-30-24-10-9-23(42-33(48)50-4)15-27(24)43-32(47)34(2,3)13-5-6-25(31(41-19)44-30)29-11-7-20(17-46(29)49)26-14-22(36)8-12-28(26)45-18-21(16-40-45)35(37,38)39/h7-12,14-18,25H,5-6,13H2,1-4H3,(H,41,44)(H,42,48)(H,43,47)/t25-/m1/s1. The third-order valence-electron chi connectivity index (χ3n) is 8.82. The number of nitrogens with one attached hydrogen (secondary N) is 3. The molecule has 3 N–H and O–H groups in total. The first kappa shape index (κ1) is 34.5. The number of H-pyrrole nitrogens is 1. The van der Waals surface area contributed by atoms with Gasteiger partial charge in [-0.2, -0.15) is 23.0 Å². The smallest absolute Gasteiger partial charge is 0.419 e. The van der Waals surface area contributed by atoms with E-state index in [9.17, 15) is 28.0 Å². The molecule has 11 nitrogen and oxygen atoms in total. The number of aromatic amines is 1. The van der Waals surface area contributed by atoms with Crippen LogP contribution in [0.4, 0.5) is 29.3 Å². The minimum atomic E-state index is -4.58. The number of carbonyl (C=O) groups excluding carboxylic acids is 2. The molecule has 2 amide bonds. The lowest BCUT2D eigenvalue weighted by Crippen LogP contribution is -2.34. The van der Waals surface area contributed by atoms with Crippen molar-refractivity contribution in [1.82, 2.24) is 19.7 Å². The minimum Gasteiger partial charge on any atom is -0.618 e. The van der Waals surface area contributed by atoms with Gasteiger partial charge in [0.2, 0.25) is 11.6 Å². The van der Waals surface area contributed by atoms with Crippen molar-refractivity contribution in [2.45, 2.75) is 52.1 Å². The fourth-order valence-corrected chi connectivity index (χ4v) is 6.22. The van der Waals surface area contributed by atoms with Crippen LogP contribution in [-0.4, -0.2) is 38.9 Å². The molecule has 1 atom stereocenters. The summed E-state index contributed by atoms with van der Waals surface area (Å²) in [6.45, 7) is 5.53. The van der Waals surface area contributed by atoms with Crippen LogP contribution in [0, 0.1) is 17.5 Å². The van der Waals surface area contributed by atoms with Crippen LogP contribution in [0.5, 0.6) is 0 Å². The van der Waals surface area contributed by atoms with Crippen molar-refractivity contribution in [3.8, 4) is 28.1 Å². The molecule has 50 heavy (non-hydrogen) atoms. The second-order valence-electron chi connectivity index (χ2n) is 12.8. The topological polar surface area (TPSA) is 141 Å². The molecule has 0 spiro atoms. The highest BCUT2D eigenvalue weighted by Gasteiger charge is 2.34. The molecule has 0 saturated carbocycles. The van der Waals surface area contributed by atoms with Crippen molar-refractivity contribution in [2.75, 3.05) is 17.7 Å². The summed E-state index contributed by atoms with van der Waals surface area (Å²) in [6.07, 6.45) is -0.727. The normalized spacial score (nSPS) is 16.1. The summed E-state index contributed by atoms with van der Waals surface area (Å²) in [6, 6.07) is 13.1. The molecule has 2 aromatic carbocycles. The molecule has 0 radical (unpaired) electrons. The van der Waals surface area contributed by atoms with Crippen LogP contribution in [0.15, 0.2) is 67.1 Å². The molecular weight excluding hydrogens is 675 g/mol. The number of carbonyl (C=O) groups is 2. The number of halogens is 4. The highest BCUT2D eigenvalue weighted by molar-refractivity contribution is 6.31. The van der Waals surface area contributed by atoms with E-state index in [0.29, 0.717) is 80.9 Å². The molecule has 260 valence electrons. The number of methoxy groups -OCH3 is 1. The molecule has 3 aromatic heterocycles. The van der Waals surface area contributed by atoms with Crippen LogP contribution in [0.25, 0.3) is 28.1 Å². The third-order valence-corrected chi connectivity index (χ3v) is 9.06. The van der Waals surface area contributed by atoms with Crippen LogP contribution < -0.4 is 15.4 Å². The number of ether oxygens (including phenoxy) is 1. The molecule has 6 rings (SSSR count). The summed E-state index contributed by atoms with van der Waals surface area (Å²) in [5, 5.41) is 23.7. The van der Waals surface area contributed by atoms with Crippen molar-refractivity contribution in [2.24, 2.45) is 5.41 Å². The van der Waals surface area contributed by atoms with E-state index >= 15 is 0 Å². The van der Waals surface area contributed by atoms with Gasteiger partial charge in [-0.15, -0.1) is 0 Å². The maximum absolute atomic E-state index is 13.8. The van der Waals surface area contributed by atoms with Gasteiger partial charge in [0.05, 0.1) is 35.9 Å². The molecule has 0 aliphatic carbocycles. The molecular formula is C35H33ClF3N7O4. The van der Waals surface area contributed by atoms with Crippen LogP contribution in [0.3, 0.4) is 0 Å². The SMILES string of the molecule is COC(=O)Nc1ccc2c(c1)NC(=O)C(C)(C)CCC[C@H](c1ccc(-c3cc(Cl)ccc3-n3cc(C(F)(F)F)cn3)c[n+]1[O-])c1nc-2c(C)[nH]1. The maximum atomic E-state index is 13.8. The van der Waals surface area contributed by atoms with Gasteiger partial charge in [-0.1, -0.05) is 31.9 Å². The first-order valence-corrected chi connectivity index (χ1v) is 16.0. The number of imidazole rings is 1. The van der Waals surface area contributed by atoms with E-state index in [-0.39, 0.29) is 5.91 Å². The largest absolute Gasteiger partial charge is 0.618 e. The van der Waals surface area contributed by atoms with Crippen LogP contribution in [0.1, 0.15) is 61.8 Å². The lowest BCUT2D eigenvalue weighted by atomic mass is 9.83. The van der Waals surface area contributed by atoms with Gasteiger partial charge < -0.3 is 20.2 Å². The predicted molar refractivity (Wildman–Crippen MR) is 181 cm³/mol. The number of nitrogens with zero attached hydrogens (tertiary/aromatic N) is 4. The molecule has 0 saturated heterocycles. The van der Waals surface area contributed by atoms with E-state index in [1.54, 1.807) is 36.4 Å². The van der Waals surface area contributed by atoms with E-state index in [0.717, 1.165) is 21.8 Å². The number of fused-ring (bicyclic) bond motifs is 4. The summed E-state index contributed by atoms with van der Waals surface area (Å²) in [5.41, 5.74) is 2.52. The number of aryl methyl sites for hydroxylation is 1. The summed E-state index contributed by atoms with van der Waals surface area (Å²) in [4.78, 5) is 33.7. The zero-order chi connectivity index (χ0) is 36.0. The molecule has 2 bridgehead atoms. The Morgan fingerprint density at radius 3 is 2.64 bits per heavy atom. The number of benzene rings is 2. The van der Waals surface area contributed by atoms with Crippen molar-refractivity contribution < 1.29 is 32.2 Å². The van der Waals surface area contributed by atoms with Gasteiger partial charge in [0.15, 0.2) is 6.20 Å². The maximum Gasteiger partial charge on any atom is 0.419 e. The Hall–Kier alpha value is -5.37. The van der Waals surface area contributed by atoms with E-state index in [1.807, 2.05) is 20.8 Å². The Balaban J connectivity index is 1.42. The second kappa shape index (κ2) is 13.2. The number of pyridine rings is 1. The van der Waals surface area contributed by atoms with Crippen molar-refractivity contribution in [3.05, 3.63) is 100 Å². The number of hydrogen-bond donors (Lipinski definition) is 3. The van der Waals surface area contributed by atoms with Crippen LogP contribution >= 0.6 is 11.6 Å². The van der Waals surface area contributed by atoms with E-state index in [4.69, 9.17) is 21.3 Å². The Kier molecular flexibility index (Phi) is 9.08. The van der Waals surface area contributed by atoms with Crippen molar-refractivity contribution in [3.63, 3.8) is 0 Å². The number of rotatable bonds is 4. The monoisotopic (exact) mass is 707 g/mol. The fraction of sp³-hybridized carbons (Fsp3) is 0.286. The zero-order valence-electron chi connectivity index (χ0n) is 27.5. The minimum absolute atomic E-state index is 0.223. The number of amides is 2. The zero-order valence-corrected chi connectivity index (χ0v) is 28.2. The summed E-state index contributed by atoms with van der Waals surface area (Å²) < 4.78 is 46.6. The number of alkyl halides is 3. The van der Waals surface area contributed by atoms with E-state index in [2.05, 4.69) is 20.7 Å². The van der Waals surface area contributed by atoms with Gasteiger partial charge in [0, 0.05) is 50.8 Å². The highest BCUT2D eigenvalue weighted by Crippen LogP contribution is 2.39. The van der Waals surface area contributed by atoms with Gasteiger partial charge in [-0.3, -0.25) is 10.1 Å². The first-order chi connectivity index (χ1) is 23.6. The van der Waals surface area contributed by atoms with Crippen LogP contribution in [0.2, 0.25) is 5.02 Å². The Morgan fingerprint density at radius 2 is 1.94 bits per heavy atom. The Morgan fingerprint density at radius 1 is 1.16 bits per heavy atom. The molecule has 0 fully saturated rings. The van der Waals surface area contributed by atoms with Gasteiger partial charge in [-0.25, -0.2) is 14.5 Å². The molecule has 1 aliphatic heterocycles. The molecule has 1 aliphatic rings. The highest BCUT2D eigenvalue weighted by atomic mass is 35.5. The Bertz CT molecular complexity index is 2110. The predicted octanol–water partition coefficient (Wildman–Crippen LogP) is 8.00. The fourth-order valence-electron chi connectivity index (χ4n) is 6.05. The Labute approximate surface area is 290 Å². The summed E-state index contributed by atoms with van der Waals surface area (Å²) in [7, 11) is 1.25. The second-order valence-corrected chi connectivity index (χ2v) is 13.2. The lowest BCUT2D eigenvalue weighted by molar-refractivity contribution is -0.614. The molecule has 5 aromatic rings. The first-order valence-electron chi connectivity index (χ1n) is 15.7. The van der Waals surface area contributed by atoms with Gasteiger partial charge in [-0.05, 0) is 62.2 Å². The van der Waals surface area contributed by atoms with Gasteiger partial charge >= 0.3 is 12.3 Å². The van der Waals surface area contributed by atoms with E-state index in [1.165, 1.54) is 25.4 Å². The van der Waals surface area contributed by atoms with Gasteiger partial charge in [0.1, 0.15) is 11.7 Å². The quantitative estimate of drug-likeness (QED) is 0.128. The average Bonchev–Trinajstić information content (AvgIpc) is 3.71. The van der Waals surface area contributed by atoms with E-state index < -0.39 is 29.2 Å².